The predicted molar refractivity (Wildman–Crippen MR) is 69.9 cm³/mol. The molecule has 0 unspecified atom stereocenters. The van der Waals surface area contributed by atoms with Crippen LogP contribution in [-0.4, -0.2) is 32.0 Å². The molecule has 1 amide bonds. The van der Waals surface area contributed by atoms with Gasteiger partial charge in [0.1, 0.15) is 0 Å². The fraction of sp³-hybridized carbons (Fsp3) is 0.385. The Bertz CT molecular complexity index is 403. The zero-order valence-electron chi connectivity index (χ0n) is 10.2. The SMILES string of the molecule is COCCNC(=O)CCC(=O)c1ccc(Cl)cc1. The molecule has 1 aromatic carbocycles. The van der Waals surface area contributed by atoms with E-state index >= 15 is 0 Å². The van der Waals surface area contributed by atoms with Gasteiger partial charge in [-0.15, -0.1) is 0 Å². The van der Waals surface area contributed by atoms with Crippen LogP contribution in [0.2, 0.25) is 5.02 Å². The van der Waals surface area contributed by atoms with E-state index < -0.39 is 0 Å². The van der Waals surface area contributed by atoms with E-state index in [0.717, 1.165) is 0 Å². The van der Waals surface area contributed by atoms with Crippen LogP contribution in [0.1, 0.15) is 23.2 Å². The quantitative estimate of drug-likeness (QED) is 0.609. The Labute approximate surface area is 111 Å². The van der Waals surface area contributed by atoms with Gasteiger partial charge in [0.2, 0.25) is 5.91 Å². The van der Waals surface area contributed by atoms with Gasteiger partial charge in [-0.2, -0.15) is 0 Å². The Hall–Kier alpha value is -1.39. The van der Waals surface area contributed by atoms with Crippen LogP contribution in [0.4, 0.5) is 0 Å². The highest BCUT2D eigenvalue weighted by molar-refractivity contribution is 6.30. The number of rotatable bonds is 7. The Morgan fingerprint density at radius 3 is 2.50 bits per heavy atom. The lowest BCUT2D eigenvalue weighted by Crippen LogP contribution is -2.27. The molecule has 98 valence electrons. The third kappa shape index (κ3) is 5.29. The molecule has 0 spiro atoms. The van der Waals surface area contributed by atoms with E-state index in [1.54, 1.807) is 31.4 Å². The molecule has 0 saturated heterocycles. The summed E-state index contributed by atoms with van der Waals surface area (Å²) in [7, 11) is 1.57. The van der Waals surface area contributed by atoms with Gasteiger partial charge in [0.05, 0.1) is 6.61 Å². The molecule has 1 aromatic rings. The number of nitrogens with one attached hydrogen (secondary N) is 1. The lowest BCUT2D eigenvalue weighted by Gasteiger charge is -2.04. The smallest absolute Gasteiger partial charge is 0.220 e. The van der Waals surface area contributed by atoms with E-state index in [1.807, 2.05) is 0 Å². The maximum Gasteiger partial charge on any atom is 0.220 e. The molecule has 0 fully saturated rings. The molecule has 0 aliphatic rings. The average molecular weight is 270 g/mol. The number of hydrogen-bond acceptors (Lipinski definition) is 3. The van der Waals surface area contributed by atoms with Crippen molar-refractivity contribution in [1.82, 2.24) is 5.32 Å². The Morgan fingerprint density at radius 2 is 1.89 bits per heavy atom. The van der Waals surface area contributed by atoms with Crippen molar-refractivity contribution < 1.29 is 14.3 Å². The summed E-state index contributed by atoms with van der Waals surface area (Å²) in [6, 6.07) is 6.64. The number of ether oxygens (including phenoxy) is 1. The van der Waals surface area contributed by atoms with Gasteiger partial charge in [-0.25, -0.2) is 0 Å². The summed E-state index contributed by atoms with van der Waals surface area (Å²) in [5.74, 6) is -0.206. The first-order chi connectivity index (χ1) is 8.63. The van der Waals surface area contributed by atoms with Crippen molar-refractivity contribution in [3.8, 4) is 0 Å². The Morgan fingerprint density at radius 1 is 1.22 bits per heavy atom. The summed E-state index contributed by atoms with van der Waals surface area (Å²) in [6.45, 7) is 0.932. The first-order valence-electron chi connectivity index (χ1n) is 5.68. The highest BCUT2D eigenvalue weighted by Crippen LogP contribution is 2.11. The highest BCUT2D eigenvalue weighted by atomic mass is 35.5. The maximum atomic E-state index is 11.7. The number of benzene rings is 1. The molecule has 0 atom stereocenters. The second-order valence-electron chi connectivity index (χ2n) is 3.77. The highest BCUT2D eigenvalue weighted by Gasteiger charge is 2.08. The summed E-state index contributed by atoms with van der Waals surface area (Å²) < 4.78 is 4.80. The second kappa shape index (κ2) is 7.84. The topological polar surface area (TPSA) is 55.4 Å². The molecule has 4 nitrogen and oxygen atoms in total. The molecular weight excluding hydrogens is 254 g/mol. The third-order valence-corrected chi connectivity index (χ3v) is 2.63. The average Bonchev–Trinajstić information content (AvgIpc) is 2.37. The van der Waals surface area contributed by atoms with E-state index in [0.29, 0.717) is 23.7 Å². The van der Waals surface area contributed by atoms with Crippen LogP contribution in [0.25, 0.3) is 0 Å². The summed E-state index contributed by atoms with van der Waals surface area (Å²) in [5, 5.41) is 3.25. The van der Waals surface area contributed by atoms with Crippen molar-refractivity contribution in [2.75, 3.05) is 20.3 Å². The number of hydrogen-bond donors (Lipinski definition) is 1. The number of amides is 1. The molecule has 0 aromatic heterocycles. The van der Waals surface area contributed by atoms with Crippen LogP contribution in [0.5, 0.6) is 0 Å². The fourth-order valence-corrected chi connectivity index (χ4v) is 1.51. The summed E-state index contributed by atoms with van der Waals surface area (Å²) in [5.41, 5.74) is 0.573. The Kier molecular flexibility index (Phi) is 6.39. The molecule has 1 rings (SSSR count). The van der Waals surface area contributed by atoms with Gasteiger partial charge in [0.25, 0.3) is 0 Å². The zero-order valence-corrected chi connectivity index (χ0v) is 11.0. The van der Waals surface area contributed by atoms with Crippen molar-refractivity contribution in [3.05, 3.63) is 34.9 Å². The van der Waals surface area contributed by atoms with Gasteiger partial charge in [0, 0.05) is 37.1 Å². The second-order valence-corrected chi connectivity index (χ2v) is 4.21. The van der Waals surface area contributed by atoms with E-state index in [4.69, 9.17) is 16.3 Å². The first kappa shape index (κ1) is 14.7. The lowest BCUT2D eigenvalue weighted by atomic mass is 10.1. The molecule has 18 heavy (non-hydrogen) atoms. The van der Waals surface area contributed by atoms with Crippen molar-refractivity contribution in [2.24, 2.45) is 0 Å². The number of methoxy groups -OCH3 is 1. The fourth-order valence-electron chi connectivity index (χ4n) is 1.39. The third-order valence-electron chi connectivity index (χ3n) is 2.37. The van der Waals surface area contributed by atoms with Gasteiger partial charge in [-0.1, -0.05) is 11.6 Å². The van der Waals surface area contributed by atoms with E-state index in [9.17, 15) is 9.59 Å². The molecule has 0 bridgehead atoms. The number of ketones is 1. The van der Waals surface area contributed by atoms with Crippen molar-refractivity contribution >= 4 is 23.3 Å². The molecule has 5 heteroatoms. The first-order valence-corrected chi connectivity index (χ1v) is 6.05. The van der Waals surface area contributed by atoms with E-state index in [-0.39, 0.29) is 24.5 Å². The zero-order chi connectivity index (χ0) is 13.4. The van der Waals surface area contributed by atoms with Crippen LogP contribution in [0.15, 0.2) is 24.3 Å². The van der Waals surface area contributed by atoms with Gasteiger partial charge >= 0.3 is 0 Å². The van der Waals surface area contributed by atoms with Crippen LogP contribution in [-0.2, 0) is 9.53 Å². The molecular formula is C13H16ClNO3. The molecule has 0 aliphatic carbocycles. The molecule has 1 N–H and O–H groups in total. The van der Waals surface area contributed by atoms with Crippen LogP contribution in [0.3, 0.4) is 0 Å². The van der Waals surface area contributed by atoms with Gasteiger partial charge in [-0.05, 0) is 24.3 Å². The Balaban J connectivity index is 2.32. The molecule has 0 aliphatic heterocycles. The standard InChI is InChI=1S/C13H16ClNO3/c1-18-9-8-15-13(17)7-6-12(16)10-2-4-11(14)5-3-10/h2-5H,6-9H2,1H3,(H,15,17). The predicted octanol–water partition coefficient (Wildman–Crippen LogP) is 2.07. The minimum atomic E-state index is -0.144. The minimum absolute atomic E-state index is 0.0615. The summed E-state index contributed by atoms with van der Waals surface area (Å²) in [4.78, 5) is 23.1. The molecule has 0 saturated carbocycles. The number of halogens is 1. The lowest BCUT2D eigenvalue weighted by molar-refractivity contribution is -0.121. The van der Waals surface area contributed by atoms with Crippen molar-refractivity contribution in [3.63, 3.8) is 0 Å². The van der Waals surface area contributed by atoms with Crippen LogP contribution >= 0.6 is 11.6 Å². The molecule has 0 radical (unpaired) electrons. The van der Waals surface area contributed by atoms with Crippen LogP contribution < -0.4 is 5.32 Å². The molecule has 0 heterocycles. The largest absolute Gasteiger partial charge is 0.383 e. The van der Waals surface area contributed by atoms with Gasteiger partial charge < -0.3 is 10.1 Å². The van der Waals surface area contributed by atoms with Gasteiger partial charge in [-0.3, -0.25) is 9.59 Å². The maximum absolute atomic E-state index is 11.7. The van der Waals surface area contributed by atoms with Gasteiger partial charge in [0.15, 0.2) is 5.78 Å². The van der Waals surface area contributed by atoms with Crippen molar-refractivity contribution in [1.29, 1.82) is 0 Å². The number of carbonyl (C=O) groups is 2. The van der Waals surface area contributed by atoms with Crippen molar-refractivity contribution in [2.45, 2.75) is 12.8 Å². The monoisotopic (exact) mass is 269 g/mol. The van der Waals surface area contributed by atoms with Crippen LogP contribution in [0, 0.1) is 0 Å². The number of carbonyl (C=O) groups excluding carboxylic acids is 2. The van der Waals surface area contributed by atoms with E-state index in [2.05, 4.69) is 5.32 Å². The summed E-state index contributed by atoms with van der Waals surface area (Å²) >= 11 is 5.73. The minimum Gasteiger partial charge on any atom is -0.383 e. The number of Topliss-reactive ketones (excluding diaryl/α,β-unsaturated/α-hetero) is 1. The summed E-state index contributed by atoms with van der Waals surface area (Å²) in [6.07, 6.45) is 0.381. The van der Waals surface area contributed by atoms with E-state index in [1.165, 1.54) is 0 Å². The normalized spacial score (nSPS) is 10.1.